The second kappa shape index (κ2) is 8.66. The highest BCUT2D eigenvalue weighted by Gasteiger charge is 2.50. The Morgan fingerprint density at radius 2 is 1.86 bits per heavy atom. The lowest BCUT2D eigenvalue weighted by molar-refractivity contribution is -0.139. The quantitative estimate of drug-likeness (QED) is 0.505. The van der Waals surface area contributed by atoms with Gasteiger partial charge in [-0.3, -0.25) is 19.3 Å². The Bertz CT molecular complexity index is 1270. The van der Waals surface area contributed by atoms with Gasteiger partial charge in [0.05, 0.1) is 12.0 Å². The highest BCUT2D eigenvalue weighted by molar-refractivity contribution is 6.09. The molecule has 0 aliphatic carbocycles. The lowest BCUT2D eigenvalue weighted by Crippen LogP contribution is -2.53. The van der Waals surface area contributed by atoms with Gasteiger partial charge < -0.3 is 19.5 Å². The number of imide groups is 1. The molecule has 35 heavy (non-hydrogen) atoms. The van der Waals surface area contributed by atoms with Crippen molar-refractivity contribution < 1.29 is 23.6 Å². The largest absolute Gasteiger partial charge is 0.459 e. The van der Waals surface area contributed by atoms with Crippen molar-refractivity contribution in [2.24, 2.45) is 0 Å². The summed E-state index contributed by atoms with van der Waals surface area (Å²) in [6.45, 7) is 2.44. The monoisotopic (exact) mass is 478 g/mol. The number of aromatic nitrogens is 4. The van der Waals surface area contributed by atoms with Crippen LogP contribution in [-0.4, -0.2) is 91.4 Å². The van der Waals surface area contributed by atoms with E-state index in [0.29, 0.717) is 37.4 Å². The van der Waals surface area contributed by atoms with E-state index in [0.717, 1.165) is 4.90 Å². The van der Waals surface area contributed by atoms with Crippen LogP contribution in [-0.2, 0) is 15.1 Å². The number of urea groups is 1. The van der Waals surface area contributed by atoms with Gasteiger partial charge in [0.25, 0.3) is 11.8 Å². The number of piperazine rings is 1. The van der Waals surface area contributed by atoms with Crippen molar-refractivity contribution in [3.63, 3.8) is 0 Å². The summed E-state index contributed by atoms with van der Waals surface area (Å²) in [5.74, 6) is -0.898. The third-order valence-corrected chi connectivity index (χ3v) is 6.26. The Kier molecular flexibility index (Phi) is 5.51. The maximum Gasteiger partial charge on any atom is 0.325 e. The molecule has 1 N–H and O–H groups in total. The summed E-state index contributed by atoms with van der Waals surface area (Å²) in [6.07, 6.45) is 2.85. The Morgan fingerprint density at radius 1 is 1.09 bits per heavy atom. The van der Waals surface area contributed by atoms with Crippen molar-refractivity contribution in [1.82, 2.24) is 40.2 Å². The molecule has 2 fully saturated rings. The molecule has 2 aliphatic rings. The average molecular weight is 478 g/mol. The zero-order valence-electron chi connectivity index (χ0n) is 18.8. The van der Waals surface area contributed by atoms with Crippen molar-refractivity contribution >= 4 is 23.8 Å². The van der Waals surface area contributed by atoms with Crippen LogP contribution in [0.3, 0.4) is 0 Å². The van der Waals surface area contributed by atoms with Crippen LogP contribution in [0.4, 0.5) is 4.79 Å². The van der Waals surface area contributed by atoms with Crippen LogP contribution in [0.15, 0.2) is 53.4 Å². The Labute approximate surface area is 199 Å². The SMILES string of the molecule is C[C@@]1(c2cccc(-n3cnnn3)c2)NC(=O)N(CC(=O)N2CCN(C(=O)c3ccco3)CC2)C1=O. The first-order valence-corrected chi connectivity index (χ1v) is 11.0. The maximum atomic E-state index is 13.3. The zero-order valence-corrected chi connectivity index (χ0v) is 18.8. The fourth-order valence-electron chi connectivity index (χ4n) is 4.23. The smallest absolute Gasteiger partial charge is 0.325 e. The lowest BCUT2D eigenvalue weighted by atomic mass is 9.91. The van der Waals surface area contributed by atoms with E-state index < -0.39 is 17.5 Å². The molecule has 5 rings (SSSR count). The minimum absolute atomic E-state index is 0.240. The Morgan fingerprint density at radius 3 is 2.54 bits per heavy atom. The van der Waals surface area contributed by atoms with Gasteiger partial charge in [-0.05, 0) is 47.2 Å². The molecule has 13 heteroatoms. The summed E-state index contributed by atoms with van der Waals surface area (Å²) < 4.78 is 6.58. The van der Waals surface area contributed by atoms with Crippen molar-refractivity contribution in [3.05, 3.63) is 60.3 Å². The van der Waals surface area contributed by atoms with Gasteiger partial charge in [0.1, 0.15) is 18.4 Å². The summed E-state index contributed by atoms with van der Waals surface area (Å²) >= 11 is 0. The first-order chi connectivity index (χ1) is 16.9. The molecule has 3 aromatic rings. The molecular formula is C22H22N8O5. The third-order valence-electron chi connectivity index (χ3n) is 6.26. The van der Waals surface area contributed by atoms with Crippen LogP contribution < -0.4 is 5.32 Å². The lowest BCUT2D eigenvalue weighted by Gasteiger charge is -2.34. The topological polar surface area (TPSA) is 147 Å². The van der Waals surface area contributed by atoms with Gasteiger partial charge in [-0.1, -0.05) is 12.1 Å². The molecule has 1 aromatic carbocycles. The van der Waals surface area contributed by atoms with Crippen LogP contribution in [0.1, 0.15) is 23.0 Å². The van der Waals surface area contributed by atoms with Gasteiger partial charge in [0.15, 0.2) is 5.76 Å². The molecule has 2 aliphatic heterocycles. The average Bonchev–Trinajstić information content (AvgIpc) is 3.64. The van der Waals surface area contributed by atoms with E-state index in [1.54, 1.807) is 53.1 Å². The predicted octanol–water partition coefficient (Wildman–Crippen LogP) is 0.00690. The second-order valence-electron chi connectivity index (χ2n) is 8.40. The van der Waals surface area contributed by atoms with Crippen molar-refractivity contribution in [3.8, 4) is 5.69 Å². The van der Waals surface area contributed by atoms with Crippen molar-refractivity contribution in [2.75, 3.05) is 32.7 Å². The van der Waals surface area contributed by atoms with E-state index in [9.17, 15) is 19.2 Å². The van der Waals surface area contributed by atoms with Crippen molar-refractivity contribution in [2.45, 2.75) is 12.5 Å². The van der Waals surface area contributed by atoms with E-state index in [2.05, 4.69) is 20.8 Å². The number of benzene rings is 1. The molecule has 5 amide bonds. The number of carbonyl (C=O) groups excluding carboxylic acids is 4. The fourth-order valence-corrected chi connectivity index (χ4v) is 4.23. The van der Waals surface area contributed by atoms with Crippen molar-refractivity contribution in [1.29, 1.82) is 0 Å². The summed E-state index contributed by atoms with van der Waals surface area (Å²) in [4.78, 5) is 55.4. The number of tetrazole rings is 1. The van der Waals surface area contributed by atoms with Gasteiger partial charge >= 0.3 is 6.03 Å². The second-order valence-corrected chi connectivity index (χ2v) is 8.40. The third kappa shape index (κ3) is 4.00. The maximum absolute atomic E-state index is 13.3. The molecule has 4 heterocycles. The minimum Gasteiger partial charge on any atom is -0.459 e. The standard InChI is InChI=1S/C22H22N8O5/c1-22(15-4-2-5-16(12-15)30-14-23-25-26-30)20(33)29(21(34)24-22)13-18(31)27-7-9-28(10-8-27)19(32)17-6-3-11-35-17/h2-6,11-12,14H,7-10,13H2,1H3,(H,24,34)/t22-/m0/s1. The van der Waals surface area contributed by atoms with Gasteiger partial charge in [0, 0.05) is 26.2 Å². The number of hydrogen-bond donors (Lipinski definition) is 1. The highest BCUT2D eigenvalue weighted by atomic mass is 16.3. The number of nitrogens with zero attached hydrogens (tertiary/aromatic N) is 7. The number of rotatable bonds is 5. The number of hydrogen-bond acceptors (Lipinski definition) is 8. The van der Waals surface area contributed by atoms with Crippen LogP contribution >= 0.6 is 0 Å². The molecule has 1 atom stereocenters. The minimum atomic E-state index is -1.35. The van der Waals surface area contributed by atoms with Gasteiger partial charge in [-0.2, -0.15) is 0 Å². The summed E-state index contributed by atoms with van der Waals surface area (Å²) in [5.41, 5.74) is -0.202. The first kappa shape index (κ1) is 22.3. The fraction of sp³-hybridized carbons (Fsp3) is 0.318. The van der Waals surface area contributed by atoms with Gasteiger partial charge in [0.2, 0.25) is 5.91 Å². The summed E-state index contributed by atoms with van der Waals surface area (Å²) in [5, 5.41) is 13.8. The van der Waals surface area contributed by atoms with Crippen LogP contribution in [0.5, 0.6) is 0 Å². The van der Waals surface area contributed by atoms with Gasteiger partial charge in [-0.15, -0.1) is 5.10 Å². The molecule has 13 nitrogen and oxygen atoms in total. The summed E-state index contributed by atoms with van der Waals surface area (Å²) in [7, 11) is 0. The number of furan rings is 1. The molecule has 0 bridgehead atoms. The van der Waals surface area contributed by atoms with E-state index in [-0.39, 0.29) is 24.1 Å². The van der Waals surface area contributed by atoms with Crippen LogP contribution in [0, 0.1) is 0 Å². The number of carbonyl (C=O) groups is 4. The van der Waals surface area contributed by atoms with E-state index in [4.69, 9.17) is 4.42 Å². The van der Waals surface area contributed by atoms with E-state index in [1.165, 1.54) is 17.3 Å². The molecule has 2 saturated heterocycles. The molecular weight excluding hydrogens is 456 g/mol. The number of amides is 5. The van der Waals surface area contributed by atoms with Gasteiger partial charge in [-0.25, -0.2) is 9.48 Å². The normalized spacial score (nSPS) is 20.3. The van der Waals surface area contributed by atoms with E-state index >= 15 is 0 Å². The molecule has 0 saturated carbocycles. The first-order valence-electron chi connectivity index (χ1n) is 11.0. The molecule has 2 aromatic heterocycles. The Balaban J connectivity index is 1.24. The summed E-state index contributed by atoms with van der Waals surface area (Å²) in [6, 6.07) is 9.50. The zero-order chi connectivity index (χ0) is 24.6. The van der Waals surface area contributed by atoms with E-state index in [1.807, 2.05) is 0 Å². The van der Waals surface area contributed by atoms with Crippen LogP contribution in [0.2, 0.25) is 0 Å². The molecule has 180 valence electrons. The predicted molar refractivity (Wildman–Crippen MR) is 118 cm³/mol. The van der Waals surface area contributed by atoms with Crippen LogP contribution in [0.25, 0.3) is 5.69 Å². The number of nitrogens with one attached hydrogen (secondary N) is 1. The molecule has 0 radical (unpaired) electrons. The molecule has 0 spiro atoms. The highest BCUT2D eigenvalue weighted by Crippen LogP contribution is 2.30. The molecule has 0 unspecified atom stereocenters. The Hall–Kier alpha value is -4.55.